The Morgan fingerprint density at radius 2 is 1.94 bits per heavy atom. The number of hydrogen-bond acceptors (Lipinski definition) is 3. The molecule has 16 heavy (non-hydrogen) atoms. The van der Waals surface area contributed by atoms with Gasteiger partial charge in [0.25, 0.3) is 5.56 Å². The topological polar surface area (TPSA) is 78.6 Å². The summed E-state index contributed by atoms with van der Waals surface area (Å²) in [5.41, 5.74) is 0.276. The number of aromatic amines is 2. The summed E-state index contributed by atoms with van der Waals surface area (Å²) in [6.45, 7) is 0. The maximum atomic E-state index is 11.7. The van der Waals surface area contributed by atoms with E-state index in [-0.39, 0.29) is 16.5 Å². The minimum absolute atomic E-state index is 0.214. The third-order valence-electron chi connectivity index (χ3n) is 2.53. The largest absolute Gasteiger partial charge is 0.320 e. The number of aromatic nitrogens is 3. The van der Waals surface area contributed by atoms with E-state index >= 15 is 0 Å². The molecular weight excluding hydrogens is 206 g/mol. The Morgan fingerprint density at radius 3 is 2.81 bits per heavy atom. The van der Waals surface area contributed by atoms with Crippen molar-refractivity contribution in [3.8, 4) is 0 Å². The summed E-state index contributed by atoms with van der Waals surface area (Å²) in [6.07, 6.45) is 1.17. The Labute approximate surface area is 88.7 Å². The molecule has 2 heterocycles. The lowest BCUT2D eigenvalue weighted by molar-refractivity contribution is 1.05. The molecule has 5 heteroatoms. The van der Waals surface area contributed by atoms with E-state index in [1.54, 1.807) is 18.2 Å². The first-order chi connectivity index (χ1) is 7.77. The normalized spacial score (nSPS) is 11.0. The Bertz CT molecular complexity index is 799. The number of hydrogen-bond donors (Lipinski definition) is 2. The van der Waals surface area contributed by atoms with Crippen molar-refractivity contribution in [3.63, 3.8) is 0 Å². The standard InChI is InChI=1S/C11H7N3O2/c15-8-5-12-14-10-9(8)6-3-1-2-4-7(6)13-11(10)16/h1-5H,(H,13,16)(H,14,15). The third kappa shape index (κ3) is 1.08. The van der Waals surface area contributed by atoms with Crippen LogP contribution in [-0.2, 0) is 0 Å². The second-order valence-corrected chi connectivity index (χ2v) is 3.48. The Hall–Kier alpha value is -2.43. The van der Waals surface area contributed by atoms with E-state index in [9.17, 15) is 9.59 Å². The fourth-order valence-corrected chi connectivity index (χ4v) is 1.83. The van der Waals surface area contributed by atoms with E-state index in [0.717, 1.165) is 5.39 Å². The zero-order chi connectivity index (χ0) is 11.1. The summed E-state index contributed by atoms with van der Waals surface area (Å²) in [7, 11) is 0. The van der Waals surface area contributed by atoms with Crippen LogP contribution >= 0.6 is 0 Å². The number of fused-ring (bicyclic) bond motifs is 3. The van der Waals surface area contributed by atoms with Crippen molar-refractivity contribution in [2.75, 3.05) is 0 Å². The number of pyridine rings is 1. The van der Waals surface area contributed by atoms with Gasteiger partial charge in [-0.3, -0.25) is 14.7 Å². The second-order valence-electron chi connectivity index (χ2n) is 3.48. The lowest BCUT2D eigenvalue weighted by Gasteiger charge is -2.01. The Morgan fingerprint density at radius 1 is 1.12 bits per heavy atom. The predicted octanol–water partition coefficient (Wildman–Crippen LogP) is 0.765. The summed E-state index contributed by atoms with van der Waals surface area (Å²) < 4.78 is 0. The van der Waals surface area contributed by atoms with Crippen LogP contribution in [0, 0.1) is 0 Å². The van der Waals surface area contributed by atoms with Gasteiger partial charge in [-0.25, -0.2) is 0 Å². The zero-order valence-electron chi connectivity index (χ0n) is 8.15. The molecule has 0 bridgehead atoms. The first kappa shape index (κ1) is 8.84. The minimum Gasteiger partial charge on any atom is -0.320 e. The predicted molar refractivity (Wildman–Crippen MR) is 60.5 cm³/mol. The molecule has 0 saturated heterocycles. The van der Waals surface area contributed by atoms with E-state index in [4.69, 9.17) is 0 Å². The second kappa shape index (κ2) is 3.03. The molecular formula is C11H7N3O2. The maximum absolute atomic E-state index is 11.7. The van der Waals surface area contributed by atoms with Gasteiger partial charge in [-0.15, -0.1) is 0 Å². The molecule has 0 spiro atoms. The highest BCUT2D eigenvalue weighted by Gasteiger charge is 2.07. The monoisotopic (exact) mass is 213 g/mol. The molecule has 3 rings (SSSR count). The maximum Gasteiger partial charge on any atom is 0.274 e. The molecule has 0 fully saturated rings. The quantitative estimate of drug-likeness (QED) is 0.541. The zero-order valence-corrected chi connectivity index (χ0v) is 8.15. The molecule has 0 unspecified atom stereocenters. The minimum atomic E-state index is -0.334. The highest BCUT2D eigenvalue weighted by Crippen LogP contribution is 2.15. The van der Waals surface area contributed by atoms with Crippen LogP contribution in [0.3, 0.4) is 0 Å². The van der Waals surface area contributed by atoms with E-state index in [1.165, 1.54) is 6.20 Å². The number of nitrogens with zero attached hydrogens (tertiary/aromatic N) is 1. The third-order valence-corrected chi connectivity index (χ3v) is 2.53. The Balaban J connectivity index is 2.79. The van der Waals surface area contributed by atoms with Gasteiger partial charge in [0.2, 0.25) is 5.43 Å². The van der Waals surface area contributed by atoms with Crippen molar-refractivity contribution in [2.24, 2.45) is 0 Å². The molecule has 0 aliphatic heterocycles. The number of para-hydroxylation sites is 1. The highest BCUT2D eigenvalue weighted by molar-refractivity contribution is 6.03. The molecule has 2 aromatic heterocycles. The first-order valence-electron chi connectivity index (χ1n) is 4.76. The van der Waals surface area contributed by atoms with Gasteiger partial charge in [-0.05, 0) is 6.07 Å². The molecule has 0 saturated carbocycles. The number of benzene rings is 1. The molecule has 2 N–H and O–H groups in total. The van der Waals surface area contributed by atoms with E-state index in [0.29, 0.717) is 10.9 Å². The van der Waals surface area contributed by atoms with Crippen molar-refractivity contribution in [2.45, 2.75) is 0 Å². The summed E-state index contributed by atoms with van der Waals surface area (Å²) in [5.74, 6) is 0. The van der Waals surface area contributed by atoms with Gasteiger partial charge in [0.1, 0.15) is 5.52 Å². The SMILES string of the molecule is O=c1[nH]c2ccccc2c2c(=O)cn[nH]c12. The van der Waals surface area contributed by atoms with Crippen LogP contribution in [0.2, 0.25) is 0 Å². The molecule has 78 valence electrons. The van der Waals surface area contributed by atoms with Gasteiger partial charge < -0.3 is 4.98 Å². The van der Waals surface area contributed by atoms with Crippen LogP contribution in [0.25, 0.3) is 21.8 Å². The fourth-order valence-electron chi connectivity index (χ4n) is 1.83. The van der Waals surface area contributed by atoms with Crippen LogP contribution in [0.4, 0.5) is 0 Å². The summed E-state index contributed by atoms with van der Waals surface area (Å²) in [4.78, 5) is 26.1. The van der Waals surface area contributed by atoms with Crippen LogP contribution in [-0.4, -0.2) is 15.2 Å². The van der Waals surface area contributed by atoms with Crippen LogP contribution < -0.4 is 11.0 Å². The molecule has 0 radical (unpaired) electrons. The molecule has 0 amide bonds. The van der Waals surface area contributed by atoms with Gasteiger partial charge in [-0.2, -0.15) is 5.10 Å². The molecule has 0 atom stereocenters. The van der Waals surface area contributed by atoms with E-state index in [2.05, 4.69) is 15.2 Å². The van der Waals surface area contributed by atoms with Gasteiger partial charge in [0.05, 0.1) is 11.6 Å². The van der Waals surface area contributed by atoms with E-state index in [1.807, 2.05) is 6.07 Å². The van der Waals surface area contributed by atoms with Crippen molar-refractivity contribution in [1.82, 2.24) is 15.2 Å². The molecule has 0 aliphatic rings. The fraction of sp³-hybridized carbons (Fsp3) is 0. The van der Waals surface area contributed by atoms with Crippen LogP contribution in [0.5, 0.6) is 0 Å². The molecule has 5 nitrogen and oxygen atoms in total. The number of nitrogens with one attached hydrogen (secondary N) is 2. The molecule has 3 aromatic rings. The van der Waals surface area contributed by atoms with Crippen molar-refractivity contribution < 1.29 is 0 Å². The van der Waals surface area contributed by atoms with E-state index < -0.39 is 0 Å². The van der Waals surface area contributed by atoms with Crippen molar-refractivity contribution >= 4 is 21.8 Å². The van der Waals surface area contributed by atoms with Crippen molar-refractivity contribution in [3.05, 3.63) is 51.0 Å². The first-order valence-corrected chi connectivity index (χ1v) is 4.76. The smallest absolute Gasteiger partial charge is 0.274 e. The number of rotatable bonds is 0. The molecule has 0 aliphatic carbocycles. The lowest BCUT2D eigenvalue weighted by Crippen LogP contribution is -2.14. The van der Waals surface area contributed by atoms with Crippen molar-refractivity contribution in [1.29, 1.82) is 0 Å². The Kier molecular flexibility index (Phi) is 1.67. The van der Waals surface area contributed by atoms with Gasteiger partial charge in [0, 0.05) is 10.9 Å². The lowest BCUT2D eigenvalue weighted by atomic mass is 10.1. The van der Waals surface area contributed by atoms with Crippen LogP contribution in [0.1, 0.15) is 0 Å². The number of H-pyrrole nitrogens is 2. The summed E-state index contributed by atoms with van der Waals surface area (Å²) >= 11 is 0. The van der Waals surface area contributed by atoms with Gasteiger partial charge in [0.15, 0.2) is 0 Å². The molecule has 1 aromatic carbocycles. The van der Waals surface area contributed by atoms with Gasteiger partial charge in [-0.1, -0.05) is 18.2 Å². The summed E-state index contributed by atoms with van der Waals surface area (Å²) in [5, 5.41) is 7.29. The average Bonchev–Trinajstić information content (AvgIpc) is 2.30. The summed E-state index contributed by atoms with van der Waals surface area (Å²) in [6, 6.07) is 7.18. The van der Waals surface area contributed by atoms with Gasteiger partial charge >= 0.3 is 0 Å². The average molecular weight is 213 g/mol. The van der Waals surface area contributed by atoms with Crippen LogP contribution in [0.15, 0.2) is 40.1 Å². The highest BCUT2D eigenvalue weighted by atomic mass is 16.1.